The topological polar surface area (TPSA) is 58.6 Å². The lowest BCUT2D eigenvalue weighted by molar-refractivity contribution is -0.147. The van der Waals surface area contributed by atoms with Gasteiger partial charge < -0.3 is 10.1 Å². The Bertz CT molecular complexity index is 583. The number of nitrogens with zero attached hydrogens (tertiary/aromatic N) is 1. The highest BCUT2D eigenvalue weighted by molar-refractivity contribution is 6.08. The fraction of sp³-hybridized carbons (Fsp3) is 0.529. The molecule has 1 aromatic carbocycles. The molecule has 0 saturated heterocycles. The van der Waals surface area contributed by atoms with Gasteiger partial charge in [-0.05, 0) is 44.4 Å². The van der Waals surface area contributed by atoms with Gasteiger partial charge in [-0.1, -0.05) is 19.9 Å². The van der Waals surface area contributed by atoms with Gasteiger partial charge in [0.05, 0.1) is 18.0 Å². The van der Waals surface area contributed by atoms with E-state index in [1.807, 2.05) is 39.0 Å². The maximum atomic E-state index is 12.5. The highest BCUT2D eigenvalue weighted by Gasteiger charge is 2.36. The van der Waals surface area contributed by atoms with Crippen LogP contribution in [0.15, 0.2) is 18.2 Å². The van der Waals surface area contributed by atoms with Crippen molar-refractivity contribution in [2.45, 2.75) is 46.7 Å². The maximum Gasteiger partial charge on any atom is 0.328 e. The number of anilines is 2. The van der Waals surface area contributed by atoms with E-state index in [1.165, 1.54) is 0 Å². The average molecular weight is 304 g/mol. The Morgan fingerprint density at radius 3 is 2.68 bits per heavy atom. The third kappa shape index (κ3) is 3.24. The minimum absolute atomic E-state index is 0.120. The molecule has 1 aromatic rings. The van der Waals surface area contributed by atoms with Crippen molar-refractivity contribution in [1.29, 1.82) is 0 Å². The molecule has 5 heteroatoms. The molecule has 2 rings (SSSR count). The van der Waals surface area contributed by atoms with Crippen LogP contribution in [0.2, 0.25) is 0 Å². The highest BCUT2D eigenvalue weighted by Crippen LogP contribution is 2.33. The second kappa shape index (κ2) is 6.38. The first-order valence-electron chi connectivity index (χ1n) is 7.68. The number of hydrogen-bond donors (Lipinski definition) is 1. The van der Waals surface area contributed by atoms with Gasteiger partial charge in [0.1, 0.15) is 12.1 Å². The van der Waals surface area contributed by atoms with Crippen LogP contribution in [0, 0.1) is 12.8 Å². The van der Waals surface area contributed by atoms with Gasteiger partial charge in [0.2, 0.25) is 5.91 Å². The van der Waals surface area contributed by atoms with Crippen LogP contribution in [-0.2, 0) is 14.3 Å². The number of fused-ring (bicyclic) bond motifs is 1. The first kappa shape index (κ1) is 16.3. The van der Waals surface area contributed by atoms with Crippen LogP contribution in [0.4, 0.5) is 11.4 Å². The second-order valence-corrected chi connectivity index (χ2v) is 6.29. The molecule has 0 aromatic heterocycles. The SMILES string of the molecule is Cc1ccc2c(c1)NC(C)C(=O)N2C(C)C(=O)OCC(C)C. The zero-order chi connectivity index (χ0) is 16.4. The summed E-state index contributed by atoms with van der Waals surface area (Å²) in [5.41, 5.74) is 2.70. The van der Waals surface area contributed by atoms with Crippen LogP contribution in [0.25, 0.3) is 0 Å². The molecule has 0 radical (unpaired) electrons. The molecule has 1 aliphatic rings. The van der Waals surface area contributed by atoms with Gasteiger partial charge in [0.25, 0.3) is 0 Å². The number of carbonyl (C=O) groups is 2. The van der Waals surface area contributed by atoms with Crippen LogP contribution in [-0.4, -0.2) is 30.6 Å². The summed E-state index contributed by atoms with van der Waals surface area (Å²) < 4.78 is 5.29. The van der Waals surface area contributed by atoms with E-state index in [2.05, 4.69) is 5.32 Å². The minimum atomic E-state index is -0.641. The summed E-state index contributed by atoms with van der Waals surface area (Å²) in [6.07, 6.45) is 0. The van der Waals surface area contributed by atoms with Gasteiger partial charge in [-0.2, -0.15) is 0 Å². The molecular formula is C17H24N2O3. The number of benzene rings is 1. The molecule has 2 unspecified atom stereocenters. The smallest absolute Gasteiger partial charge is 0.328 e. The number of hydrogen-bond acceptors (Lipinski definition) is 4. The molecule has 5 nitrogen and oxygen atoms in total. The van der Waals surface area contributed by atoms with Gasteiger partial charge in [-0.15, -0.1) is 0 Å². The Morgan fingerprint density at radius 1 is 1.36 bits per heavy atom. The van der Waals surface area contributed by atoms with Crippen molar-refractivity contribution >= 4 is 23.3 Å². The monoisotopic (exact) mass is 304 g/mol. The van der Waals surface area contributed by atoms with E-state index in [0.29, 0.717) is 6.61 Å². The van der Waals surface area contributed by atoms with E-state index < -0.39 is 6.04 Å². The zero-order valence-electron chi connectivity index (χ0n) is 13.8. The van der Waals surface area contributed by atoms with Crippen molar-refractivity contribution in [3.63, 3.8) is 0 Å². The fourth-order valence-corrected chi connectivity index (χ4v) is 2.47. The maximum absolute atomic E-state index is 12.5. The van der Waals surface area contributed by atoms with Crippen LogP contribution in [0.1, 0.15) is 33.3 Å². The summed E-state index contributed by atoms with van der Waals surface area (Å²) in [5, 5.41) is 3.18. The number of nitrogens with one attached hydrogen (secondary N) is 1. The highest BCUT2D eigenvalue weighted by atomic mass is 16.5. The normalized spacial score (nSPS) is 18.7. The van der Waals surface area contributed by atoms with Gasteiger partial charge in [-0.3, -0.25) is 9.69 Å². The molecule has 0 fully saturated rings. The first-order chi connectivity index (χ1) is 10.3. The van der Waals surface area contributed by atoms with Gasteiger partial charge in [0.15, 0.2) is 0 Å². The summed E-state index contributed by atoms with van der Waals surface area (Å²) in [7, 11) is 0. The number of esters is 1. The summed E-state index contributed by atoms with van der Waals surface area (Å²) in [6, 6.07) is 4.78. The first-order valence-corrected chi connectivity index (χ1v) is 7.68. The van der Waals surface area contributed by atoms with E-state index in [1.54, 1.807) is 18.7 Å². The summed E-state index contributed by atoms with van der Waals surface area (Å²) in [4.78, 5) is 26.3. The summed E-state index contributed by atoms with van der Waals surface area (Å²) in [5.74, 6) is -0.225. The molecule has 0 bridgehead atoms. The quantitative estimate of drug-likeness (QED) is 0.869. The lowest BCUT2D eigenvalue weighted by Gasteiger charge is -2.37. The third-order valence-corrected chi connectivity index (χ3v) is 3.68. The van der Waals surface area contributed by atoms with Crippen LogP contribution < -0.4 is 10.2 Å². The van der Waals surface area contributed by atoms with Crippen molar-refractivity contribution in [2.75, 3.05) is 16.8 Å². The molecule has 0 spiro atoms. The predicted octanol–water partition coefficient (Wildman–Crippen LogP) is 2.73. The largest absolute Gasteiger partial charge is 0.464 e. The third-order valence-electron chi connectivity index (χ3n) is 3.68. The van der Waals surface area contributed by atoms with E-state index in [9.17, 15) is 9.59 Å². The van der Waals surface area contributed by atoms with Crippen LogP contribution in [0.5, 0.6) is 0 Å². The number of ether oxygens (including phenoxy) is 1. The number of carbonyl (C=O) groups excluding carboxylic acids is 2. The van der Waals surface area contributed by atoms with E-state index in [-0.39, 0.29) is 23.8 Å². The number of rotatable bonds is 4. The Balaban J connectivity index is 2.29. The lowest BCUT2D eigenvalue weighted by Crippen LogP contribution is -2.52. The van der Waals surface area contributed by atoms with Crippen LogP contribution >= 0.6 is 0 Å². The molecule has 0 saturated carbocycles. The van der Waals surface area contributed by atoms with Crippen LogP contribution in [0.3, 0.4) is 0 Å². The zero-order valence-corrected chi connectivity index (χ0v) is 13.8. The molecule has 22 heavy (non-hydrogen) atoms. The second-order valence-electron chi connectivity index (χ2n) is 6.29. The van der Waals surface area contributed by atoms with Crippen molar-refractivity contribution in [3.8, 4) is 0 Å². The number of amides is 1. The van der Waals surface area contributed by atoms with E-state index >= 15 is 0 Å². The van der Waals surface area contributed by atoms with Gasteiger partial charge in [-0.25, -0.2) is 4.79 Å². The molecule has 120 valence electrons. The van der Waals surface area contributed by atoms with Gasteiger partial charge >= 0.3 is 5.97 Å². The van der Waals surface area contributed by atoms with E-state index in [4.69, 9.17) is 4.74 Å². The molecule has 0 aliphatic carbocycles. The summed E-state index contributed by atoms with van der Waals surface area (Å²) in [6.45, 7) is 9.82. The Hall–Kier alpha value is -2.04. The Kier molecular flexibility index (Phi) is 4.74. The van der Waals surface area contributed by atoms with Crippen molar-refractivity contribution in [2.24, 2.45) is 5.92 Å². The summed E-state index contributed by atoms with van der Waals surface area (Å²) >= 11 is 0. The lowest BCUT2D eigenvalue weighted by atomic mass is 10.1. The standard InChI is InChI=1S/C17H24N2O3/c1-10(2)9-22-17(21)13(5)19-15-7-6-11(3)8-14(15)18-12(4)16(19)20/h6-8,10,12-13,18H,9H2,1-5H3. The molecule has 1 heterocycles. The molecule has 1 aliphatic heterocycles. The molecule has 2 atom stereocenters. The predicted molar refractivity (Wildman–Crippen MR) is 87.0 cm³/mol. The van der Waals surface area contributed by atoms with E-state index in [0.717, 1.165) is 16.9 Å². The molecule has 1 amide bonds. The van der Waals surface area contributed by atoms with Crippen molar-refractivity contribution in [1.82, 2.24) is 0 Å². The van der Waals surface area contributed by atoms with Crippen molar-refractivity contribution < 1.29 is 14.3 Å². The van der Waals surface area contributed by atoms with Gasteiger partial charge in [0, 0.05) is 0 Å². The molecular weight excluding hydrogens is 280 g/mol. The fourth-order valence-electron chi connectivity index (χ4n) is 2.47. The average Bonchev–Trinajstić information content (AvgIpc) is 2.45. The number of aryl methyl sites for hydroxylation is 1. The Morgan fingerprint density at radius 2 is 2.05 bits per heavy atom. The minimum Gasteiger partial charge on any atom is -0.464 e. The van der Waals surface area contributed by atoms with Crippen molar-refractivity contribution in [3.05, 3.63) is 23.8 Å². The Labute approximate surface area is 131 Å². The molecule has 1 N–H and O–H groups in total.